The Morgan fingerprint density at radius 1 is 1.27 bits per heavy atom. The number of rotatable bonds is 6. The molecule has 2 aromatic carbocycles. The Hall–Kier alpha value is -2.93. The highest BCUT2D eigenvalue weighted by molar-refractivity contribution is 6.49. The van der Waals surface area contributed by atoms with Crippen LogP contribution in [-0.4, -0.2) is 22.7 Å². The maximum Gasteiger partial charge on any atom is 0.307 e. The van der Waals surface area contributed by atoms with Crippen LogP contribution >= 0.6 is 11.6 Å². The number of anilines is 1. The molecule has 2 rings (SSSR count). The Bertz CT molecular complexity index is 884. The number of nitrogens with one attached hydrogen (secondary N) is 1. The molecule has 1 amide bonds. The third-order valence-electron chi connectivity index (χ3n) is 3.72. The Balaban J connectivity index is 2.31. The van der Waals surface area contributed by atoms with Gasteiger partial charge in [-0.15, -0.1) is 0 Å². The minimum absolute atomic E-state index is 0.00145. The number of benzene rings is 2. The van der Waals surface area contributed by atoms with Crippen molar-refractivity contribution in [2.24, 2.45) is 10.9 Å². The van der Waals surface area contributed by atoms with Crippen molar-refractivity contribution in [2.75, 3.05) is 5.32 Å². The van der Waals surface area contributed by atoms with E-state index < -0.39 is 24.1 Å². The maximum atomic E-state index is 14.0. The molecule has 6 nitrogen and oxygen atoms in total. The normalized spacial score (nSPS) is 11.3. The molecule has 2 aromatic rings. The number of carboxylic acid groups (broad SMARTS) is 1. The molecule has 0 aliphatic rings. The van der Waals surface area contributed by atoms with Crippen LogP contribution in [0.3, 0.4) is 0 Å². The van der Waals surface area contributed by atoms with E-state index in [2.05, 4.69) is 10.4 Å². The van der Waals surface area contributed by atoms with Crippen LogP contribution in [0.2, 0.25) is 5.02 Å². The number of nitrogens with two attached hydrogens (primary N) is 1. The van der Waals surface area contributed by atoms with Crippen molar-refractivity contribution < 1.29 is 19.1 Å². The summed E-state index contributed by atoms with van der Waals surface area (Å²) >= 11 is 6.04. The zero-order chi connectivity index (χ0) is 19.3. The van der Waals surface area contributed by atoms with Crippen LogP contribution in [-0.2, 0) is 22.4 Å². The van der Waals surface area contributed by atoms with Crippen molar-refractivity contribution in [1.82, 2.24) is 0 Å². The molecule has 0 aromatic heterocycles. The van der Waals surface area contributed by atoms with Gasteiger partial charge in [-0.05, 0) is 24.1 Å². The molecule has 0 radical (unpaired) electrons. The van der Waals surface area contributed by atoms with Gasteiger partial charge in [-0.3, -0.25) is 9.59 Å². The molecule has 0 unspecified atom stereocenters. The number of aryl methyl sites for hydroxylation is 1. The van der Waals surface area contributed by atoms with Gasteiger partial charge in [0.2, 0.25) is 0 Å². The highest BCUT2D eigenvalue weighted by Crippen LogP contribution is 2.26. The van der Waals surface area contributed by atoms with E-state index in [0.29, 0.717) is 12.0 Å². The number of hydrogen-bond donors (Lipinski definition) is 3. The maximum absolute atomic E-state index is 14.0. The lowest BCUT2D eigenvalue weighted by Crippen LogP contribution is -2.26. The van der Waals surface area contributed by atoms with Crippen molar-refractivity contribution in [1.29, 1.82) is 0 Å². The number of halogens is 2. The molecule has 0 atom stereocenters. The molecule has 0 bridgehead atoms. The van der Waals surface area contributed by atoms with Crippen LogP contribution in [0.4, 0.5) is 10.1 Å². The van der Waals surface area contributed by atoms with Crippen LogP contribution in [0.5, 0.6) is 0 Å². The average molecular weight is 378 g/mol. The minimum atomic E-state index is -1.19. The van der Waals surface area contributed by atoms with E-state index in [-0.39, 0.29) is 22.0 Å². The van der Waals surface area contributed by atoms with Gasteiger partial charge < -0.3 is 16.3 Å². The second-order valence-corrected chi connectivity index (χ2v) is 5.84. The predicted octanol–water partition coefficient (Wildman–Crippen LogP) is 2.97. The molecule has 136 valence electrons. The molecule has 0 aliphatic heterocycles. The summed E-state index contributed by atoms with van der Waals surface area (Å²) in [5, 5.41) is 14.8. The van der Waals surface area contributed by atoms with Crippen molar-refractivity contribution in [3.8, 4) is 0 Å². The highest BCUT2D eigenvalue weighted by atomic mass is 35.5. The predicted molar refractivity (Wildman–Crippen MR) is 97.9 cm³/mol. The van der Waals surface area contributed by atoms with Crippen LogP contribution in [0.1, 0.15) is 23.6 Å². The van der Waals surface area contributed by atoms with Gasteiger partial charge in [0.1, 0.15) is 5.82 Å². The minimum Gasteiger partial charge on any atom is -0.481 e. The van der Waals surface area contributed by atoms with Crippen LogP contribution in [0.25, 0.3) is 0 Å². The summed E-state index contributed by atoms with van der Waals surface area (Å²) in [6, 6.07) is 9.28. The molecular weight excluding hydrogens is 361 g/mol. The number of aliphatic carboxylic acids is 1. The molecule has 8 heteroatoms. The van der Waals surface area contributed by atoms with Gasteiger partial charge in [0, 0.05) is 11.1 Å². The molecule has 0 saturated heterocycles. The third kappa shape index (κ3) is 4.37. The Morgan fingerprint density at radius 3 is 2.58 bits per heavy atom. The van der Waals surface area contributed by atoms with Crippen molar-refractivity contribution in [3.05, 3.63) is 63.9 Å². The highest BCUT2D eigenvalue weighted by Gasteiger charge is 2.19. The number of carbonyl (C=O) groups is 2. The smallest absolute Gasteiger partial charge is 0.307 e. The first-order valence-electron chi connectivity index (χ1n) is 7.74. The second kappa shape index (κ2) is 8.44. The number of carboxylic acids is 1. The van der Waals surface area contributed by atoms with E-state index in [1.54, 1.807) is 12.1 Å². The number of amides is 1. The van der Waals surface area contributed by atoms with Crippen LogP contribution < -0.4 is 11.2 Å². The average Bonchev–Trinajstić information content (AvgIpc) is 2.60. The molecule has 0 heterocycles. The van der Waals surface area contributed by atoms with Crippen molar-refractivity contribution in [2.45, 2.75) is 19.8 Å². The molecule has 4 N–H and O–H groups in total. The summed E-state index contributed by atoms with van der Waals surface area (Å²) < 4.78 is 14.0. The van der Waals surface area contributed by atoms with Gasteiger partial charge in [0.05, 0.1) is 17.1 Å². The zero-order valence-electron chi connectivity index (χ0n) is 13.9. The van der Waals surface area contributed by atoms with E-state index in [0.717, 1.165) is 11.6 Å². The Kier molecular flexibility index (Phi) is 6.30. The van der Waals surface area contributed by atoms with Gasteiger partial charge >= 0.3 is 5.97 Å². The van der Waals surface area contributed by atoms with Gasteiger partial charge in [0.15, 0.2) is 5.71 Å². The summed E-state index contributed by atoms with van der Waals surface area (Å²) in [5.74, 6) is 2.76. The fourth-order valence-corrected chi connectivity index (χ4v) is 2.71. The third-order valence-corrected chi connectivity index (χ3v) is 4.04. The summed E-state index contributed by atoms with van der Waals surface area (Å²) in [6.07, 6.45) is 0.154. The van der Waals surface area contributed by atoms with Gasteiger partial charge in [-0.25, -0.2) is 4.39 Å². The molecule has 0 saturated carbocycles. The van der Waals surface area contributed by atoms with Crippen LogP contribution in [0, 0.1) is 5.82 Å². The molecule has 0 spiro atoms. The Morgan fingerprint density at radius 2 is 1.96 bits per heavy atom. The number of hydrazone groups is 1. The molecular formula is C18H17ClFN3O3. The SMILES string of the molecule is CCc1ccccc1/C(=N\N)C(=O)Nc1cc(F)c(CC(=O)O)cc1Cl. The van der Waals surface area contributed by atoms with E-state index in [1.807, 2.05) is 19.1 Å². The van der Waals surface area contributed by atoms with E-state index in [9.17, 15) is 14.0 Å². The Labute approximate surface area is 154 Å². The lowest BCUT2D eigenvalue weighted by atomic mass is 10.0. The summed E-state index contributed by atoms with van der Waals surface area (Å²) in [4.78, 5) is 23.3. The monoisotopic (exact) mass is 377 g/mol. The lowest BCUT2D eigenvalue weighted by molar-refractivity contribution is -0.136. The quantitative estimate of drug-likeness (QED) is 0.409. The standard InChI is InChI=1S/C18H17ClFN3O3/c1-2-10-5-3-4-6-12(10)17(23-21)18(26)22-15-9-14(20)11(7-13(15)19)8-16(24)25/h3-7,9H,2,8,21H2,1H3,(H,22,26)(H,24,25)/b23-17+. The van der Waals surface area contributed by atoms with E-state index in [1.165, 1.54) is 6.07 Å². The van der Waals surface area contributed by atoms with E-state index >= 15 is 0 Å². The number of carbonyl (C=O) groups excluding carboxylic acids is 1. The lowest BCUT2D eigenvalue weighted by Gasteiger charge is -2.12. The van der Waals surface area contributed by atoms with Gasteiger partial charge in [0.25, 0.3) is 5.91 Å². The van der Waals surface area contributed by atoms with Crippen LogP contribution in [0.15, 0.2) is 41.5 Å². The fraction of sp³-hybridized carbons (Fsp3) is 0.167. The zero-order valence-corrected chi connectivity index (χ0v) is 14.7. The summed E-state index contributed by atoms with van der Waals surface area (Å²) in [7, 11) is 0. The molecule has 0 fully saturated rings. The van der Waals surface area contributed by atoms with Gasteiger partial charge in [-0.1, -0.05) is 42.8 Å². The molecule has 26 heavy (non-hydrogen) atoms. The first-order valence-corrected chi connectivity index (χ1v) is 8.12. The van der Waals surface area contributed by atoms with Gasteiger partial charge in [-0.2, -0.15) is 5.10 Å². The largest absolute Gasteiger partial charge is 0.481 e. The number of hydrogen-bond acceptors (Lipinski definition) is 4. The summed E-state index contributed by atoms with van der Waals surface area (Å²) in [6.45, 7) is 1.93. The first kappa shape index (κ1) is 19.4. The topological polar surface area (TPSA) is 105 Å². The second-order valence-electron chi connectivity index (χ2n) is 5.44. The van der Waals surface area contributed by atoms with E-state index in [4.69, 9.17) is 22.6 Å². The molecule has 0 aliphatic carbocycles. The van der Waals surface area contributed by atoms with Crippen molar-refractivity contribution in [3.63, 3.8) is 0 Å². The van der Waals surface area contributed by atoms with Crippen molar-refractivity contribution >= 4 is 34.9 Å². The first-order chi connectivity index (χ1) is 12.4. The fourth-order valence-electron chi connectivity index (χ4n) is 2.47. The number of nitrogens with zero attached hydrogens (tertiary/aromatic N) is 1. The summed E-state index contributed by atoms with van der Waals surface area (Å²) in [5.41, 5.74) is 1.34.